The summed E-state index contributed by atoms with van der Waals surface area (Å²) in [5.74, 6) is -0.296. The highest BCUT2D eigenvalue weighted by atomic mass is 16.2. The van der Waals surface area contributed by atoms with Gasteiger partial charge in [0.25, 0.3) is 0 Å². The van der Waals surface area contributed by atoms with Gasteiger partial charge in [-0.25, -0.2) is 0 Å². The average Bonchev–Trinajstić information content (AvgIpc) is 2.21. The number of piperidine rings is 1. The van der Waals surface area contributed by atoms with Crippen LogP contribution in [0.3, 0.4) is 0 Å². The van der Waals surface area contributed by atoms with E-state index in [1.807, 2.05) is 20.8 Å². The van der Waals surface area contributed by atoms with Gasteiger partial charge in [0.15, 0.2) is 0 Å². The summed E-state index contributed by atoms with van der Waals surface area (Å²) >= 11 is 0. The van der Waals surface area contributed by atoms with E-state index in [1.54, 1.807) is 18.2 Å². The molecule has 1 saturated heterocycles. The van der Waals surface area contributed by atoms with E-state index in [-0.39, 0.29) is 17.2 Å². The molecule has 96 valence electrons. The molecule has 0 spiro atoms. The van der Waals surface area contributed by atoms with Gasteiger partial charge >= 0.3 is 0 Å². The number of hydrogen-bond acceptors (Lipinski definition) is 3. The van der Waals surface area contributed by atoms with Crippen LogP contribution in [-0.4, -0.2) is 11.8 Å². The van der Waals surface area contributed by atoms with Crippen molar-refractivity contribution in [2.24, 2.45) is 5.41 Å². The maximum absolute atomic E-state index is 12.1. The summed E-state index contributed by atoms with van der Waals surface area (Å²) in [4.78, 5) is 25.6. The molecule has 4 nitrogen and oxygen atoms in total. The molecule has 18 heavy (non-hydrogen) atoms. The molecule has 2 N–H and O–H groups in total. The monoisotopic (exact) mass is 246 g/mol. The third-order valence-electron chi connectivity index (χ3n) is 3.35. The first-order chi connectivity index (χ1) is 8.32. The van der Waals surface area contributed by atoms with E-state index in [0.717, 1.165) is 5.56 Å². The van der Waals surface area contributed by atoms with Crippen molar-refractivity contribution in [1.82, 2.24) is 0 Å². The number of imide groups is 1. The number of carbonyl (C=O) groups excluding carboxylic acids is 2. The lowest BCUT2D eigenvalue weighted by Gasteiger charge is -2.35. The van der Waals surface area contributed by atoms with Crippen molar-refractivity contribution in [3.63, 3.8) is 0 Å². The maximum Gasteiger partial charge on any atom is 0.234 e. The van der Waals surface area contributed by atoms with Crippen LogP contribution in [0.2, 0.25) is 0 Å². The Balaban J connectivity index is 2.42. The van der Waals surface area contributed by atoms with Crippen LogP contribution in [0.4, 0.5) is 11.4 Å². The highest BCUT2D eigenvalue weighted by Gasteiger charge is 2.38. The van der Waals surface area contributed by atoms with Gasteiger partial charge in [-0.3, -0.25) is 14.5 Å². The molecule has 0 saturated carbocycles. The first-order valence-corrected chi connectivity index (χ1v) is 6.03. The summed E-state index contributed by atoms with van der Waals surface area (Å²) in [7, 11) is 0. The molecule has 0 aliphatic carbocycles. The summed E-state index contributed by atoms with van der Waals surface area (Å²) in [6.45, 7) is 5.70. The molecule has 4 heteroatoms. The number of nitrogens with two attached hydrogens (primary N) is 1. The van der Waals surface area contributed by atoms with Gasteiger partial charge in [-0.15, -0.1) is 0 Å². The number of amides is 2. The van der Waals surface area contributed by atoms with E-state index in [4.69, 9.17) is 5.73 Å². The van der Waals surface area contributed by atoms with Crippen molar-refractivity contribution < 1.29 is 9.59 Å². The molecule has 1 aliphatic heterocycles. The summed E-state index contributed by atoms with van der Waals surface area (Å²) < 4.78 is 0. The van der Waals surface area contributed by atoms with Crippen molar-refractivity contribution in [3.05, 3.63) is 23.8 Å². The summed E-state index contributed by atoms with van der Waals surface area (Å²) in [6, 6.07) is 5.29. The fourth-order valence-corrected chi connectivity index (χ4v) is 2.33. The largest absolute Gasteiger partial charge is 0.398 e. The van der Waals surface area contributed by atoms with E-state index < -0.39 is 0 Å². The summed E-state index contributed by atoms with van der Waals surface area (Å²) in [5, 5.41) is 0. The third-order valence-corrected chi connectivity index (χ3v) is 3.35. The molecule has 1 heterocycles. The van der Waals surface area contributed by atoms with E-state index in [1.165, 1.54) is 4.90 Å². The summed E-state index contributed by atoms with van der Waals surface area (Å²) in [5.41, 5.74) is 7.55. The van der Waals surface area contributed by atoms with Gasteiger partial charge in [0.2, 0.25) is 11.8 Å². The molecule has 0 unspecified atom stereocenters. The number of anilines is 2. The number of nitrogen functional groups attached to an aromatic ring is 1. The molecular formula is C14H18N2O2. The SMILES string of the molecule is Cc1c(N)cccc1N1C(=O)CC(C)(C)CC1=O. The van der Waals surface area contributed by atoms with Crippen molar-refractivity contribution in [3.8, 4) is 0 Å². The Morgan fingerprint density at radius 2 is 1.72 bits per heavy atom. The smallest absolute Gasteiger partial charge is 0.234 e. The highest BCUT2D eigenvalue weighted by molar-refractivity contribution is 6.17. The second kappa shape index (κ2) is 4.12. The number of rotatable bonds is 1. The molecule has 0 aromatic heterocycles. The quantitative estimate of drug-likeness (QED) is 0.610. The Morgan fingerprint density at radius 3 is 2.28 bits per heavy atom. The van der Waals surface area contributed by atoms with Gasteiger partial charge in [0.05, 0.1) is 5.69 Å². The van der Waals surface area contributed by atoms with Crippen LogP contribution < -0.4 is 10.6 Å². The first kappa shape index (κ1) is 12.6. The number of hydrogen-bond donors (Lipinski definition) is 1. The van der Waals surface area contributed by atoms with Gasteiger partial charge in [-0.05, 0) is 30.0 Å². The second-order valence-corrected chi connectivity index (χ2v) is 5.63. The fourth-order valence-electron chi connectivity index (χ4n) is 2.33. The highest BCUT2D eigenvalue weighted by Crippen LogP contribution is 2.35. The lowest BCUT2D eigenvalue weighted by Crippen LogP contribution is -2.46. The van der Waals surface area contributed by atoms with Gasteiger partial charge < -0.3 is 5.73 Å². The lowest BCUT2D eigenvalue weighted by molar-refractivity contribution is -0.132. The predicted octanol–water partition coefficient (Wildman–Crippen LogP) is 2.26. The summed E-state index contributed by atoms with van der Waals surface area (Å²) in [6.07, 6.45) is 0.764. The van der Waals surface area contributed by atoms with Gasteiger partial charge in [-0.1, -0.05) is 19.9 Å². The standard InChI is InChI=1S/C14H18N2O2/c1-9-10(15)5-4-6-11(9)16-12(17)7-14(2,3)8-13(16)18/h4-6H,7-8,15H2,1-3H3. The Kier molecular flexibility index (Phi) is 2.89. The molecule has 0 radical (unpaired) electrons. The number of nitrogens with zero attached hydrogens (tertiary/aromatic N) is 1. The lowest BCUT2D eigenvalue weighted by atomic mass is 9.81. The minimum absolute atomic E-state index is 0.148. The minimum atomic E-state index is -0.251. The molecule has 2 amide bonds. The molecule has 1 aromatic rings. The normalized spacial score (nSPS) is 19.2. The zero-order chi connectivity index (χ0) is 13.5. The van der Waals surface area contributed by atoms with Crippen LogP contribution in [0.25, 0.3) is 0 Å². The van der Waals surface area contributed by atoms with Crippen LogP contribution in [0.5, 0.6) is 0 Å². The van der Waals surface area contributed by atoms with E-state index in [2.05, 4.69) is 0 Å². The van der Waals surface area contributed by atoms with E-state index in [0.29, 0.717) is 24.2 Å². The molecule has 1 aliphatic rings. The van der Waals surface area contributed by atoms with Crippen LogP contribution in [0.1, 0.15) is 32.3 Å². The van der Waals surface area contributed by atoms with E-state index >= 15 is 0 Å². The zero-order valence-corrected chi connectivity index (χ0v) is 11.0. The van der Waals surface area contributed by atoms with Crippen LogP contribution in [0, 0.1) is 12.3 Å². The Bertz CT molecular complexity index is 501. The maximum atomic E-state index is 12.1. The van der Waals surface area contributed by atoms with Crippen LogP contribution in [0.15, 0.2) is 18.2 Å². The molecule has 1 fully saturated rings. The fraction of sp³-hybridized carbons (Fsp3) is 0.429. The number of benzene rings is 1. The number of carbonyl (C=O) groups is 2. The Morgan fingerprint density at radius 1 is 1.17 bits per heavy atom. The Labute approximate surface area is 107 Å². The molecule has 0 bridgehead atoms. The van der Waals surface area contributed by atoms with Gasteiger partial charge in [0.1, 0.15) is 0 Å². The van der Waals surface area contributed by atoms with Crippen molar-refractivity contribution in [2.45, 2.75) is 33.6 Å². The van der Waals surface area contributed by atoms with Gasteiger partial charge in [0, 0.05) is 18.5 Å². The van der Waals surface area contributed by atoms with Crippen molar-refractivity contribution >= 4 is 23.2 Å². The van der Waals surface area contributed by atoms with Crippen molar-refractivity contribution in [2.75, 3.05) is 10.6 Å². The predicted molar refractivity (Wildman–Crippen MR) is 71.1 cm³/mol. The Hall–Kier alpha value is -1.84. The molecular weight excluding hydrogens is 228 g/mol. The first-order valence-electron chi connectivity index (χ1n) is 6.03. The third kappa shape index (κ3) is 2.10. The van der Waals surface area contributed by atoms with Gasteiger partial charge in [-0.2, -0.15) is 0 Å². The molecule has 2 rings (SSSR count). The van der Waals surface area contributed by atoms with Crippen molar-refractivity contribution in [1.29, 1.82) is 0 Å². The second-order valence-electron chi connectivity index (χ2n) is 5.63. The molecule has 0 atom stereocenters. The molecule has 1 aromatic carbocycles. The average molecular weight is 246 g/mol. The minimum Gasteiger partial charge on any atom is -0.398 e. The van der Waals surface area contributed by atoms with Crippen LogP contribution in [-0.2, 0) is 9.59 Å². The topological polar surface area (TPSA) is 63.4 Å². The zero-order valence-electron chi connectivity index (χ0n) is 11.0. The van der Waals surface area contributed by atoms with Crippen LogP contribution >= 0.6 is 0 Å². The van der Waals surface area contributed by atoms with E-state index in [9.17, 15) is 9.59 Å².